The third-order valence-electron chi connectivity index (χ3n) is 5.86. The van der Waals surface area contributed by atoms with Gasteiger partial charge in [-0.1, -0.05) is 66.7 Å². The van der Waals surface area contributed by atoms with Gasteiger partial charge in [0.2, 0.25) is 0 Å². The van der Waals surface area contributed by atoms with E-state index >= 15 is 0 Å². The van der Waals surface area contributed by atoms with E-state index in [1.807, 2.05) is 28.8 Å². The van der Waals surface area contributed by atoms with E-state index in [0.29, 0.717) is 0 Å². The second-order valence-electron chi connectivity index (χ2n) is 7.46. The Morgan fingerprint density at radius 2 is 1.43 bits per heavy atom. The summed E-state index contributed by atoms with van der Waals surface area (Å²) in [5.41, 5.74) is 1.80. The van der Waals surface area contributed by atoms with Gasteiger partial charge in [-0.2, -0.15) is 0 Å². The van der Waals surface area contributed by atoms with Crippen molar-refractivity contribution in [2.45, 2.75) is 0 Å². The zero-order valence-electron chi connectivity index (χ0n) is 20.8. The fourth-order valence-corrected chi connectivity index (χ4v) is 5.80. The average molecular weight is 405 g/mol. The number of thiophene rings is 1. The Morgan fingerprint density at radius 3 is 2.33 bits per heavy atom. The Balaban J connectivity index is 1.68. The van der Waals surface area contributed by atoms with Crippen LogP contribution in [-0.4, -0.2) is 4.57 Å². The molecule has 2 aromatic heterocycles. The summed E-state index contributed by atoms with van der Waals surface area (Å²) in [5.74, 6) is 0. The van der Waals surface area contributed by atoms with Gasteiger partial charge in [0.05, 0.1) is 17.9 Å². The molecule has 0 spiro atoms. The van der Waals surface area contributed by atoms with E-state index in [1.54, 1.807) is 11.3 Å². The summed E-state index contributed by atoms with van der Waals surface area (Å²) in [6.07, 6.45) is 0. The molecule has 140 valence electrons. The molecule has 2 heteroatoms. The summed E-state index contributed by atoms with van der Waals surface area (Å²) < 4.78 is 45.9. The molecule has 0 unspecified atom stereocenters. The van der Waals surface area contributed by atoms with Gasteiger partial charge in [-0.25, -0.2) is 0 Å². The molecule has 2 heterocycles. The number of benzene rings is 5. The van der Waals surface area contributed by atoms with E-state index in [9.17, 15) is 0 Å². The van der Waals surface area contributed by atoms with Crippen molar-refractivity contribution in [2.24, 2.45) is 0 Å². The molecule has 30 heavy (non-hydrogen) atoms. The van der Waals surface area contributed by atoms with Crippen LogP contribution in [0.15, 0.2) is 103 Å². The first-order valence-corrected chi connectivity index (χ1v) is 10.6. The van der Waals surface area contributed by atoms with Crippen LogP contribution in [0.4, 0.5) is 0 Å². The van der Waals surface area contributed by atoms with Crippen molar-refractivity contribution < 1.29 is 6.85 Å². The number of rotatable bonds is 1. The minimum absolute atomic E-state index is 0.171. The van der Waals surface area contributed by atoms with Gasteiger partial charge in [0, 0.05) is 42.0 Å². The highest BCUT2D eigenvalue weighted by molar-refractivity contribution is 7.26. The van der Waals surface area contributed by atoms with Crippen LogP contribution >= 0.6 is 11.3 Å². The Hall–Kier alpha value is -3.62. The molecule has 0 fully saturated rings. The van der Waals surface area contributed by atoms with Gasteiger partial charge in [-0.15, -0.1) is 11.3 Å². The minimum atomic E-state index is -0.387. The molecular weight excluding hydrogens is 382 g/mol. The zero-order valence-corrected chi connectivity index (χ0v) is 16.6. The summed E-state index contributed by atoms with van der Waals surface area (Å²) in [4.78, 5) is 0. The smallest absolute Gasteiger partial charge is 0.0645 e. The van der Waals surface area contributed by atoms with Gasteiger partial charge < -0.3 is 4.57 Å². The second-order valence-corrected chi connectivity index (χ2v) is 8.51. The van der Waals surface area contributed by atoms with Gasteiger partial charge in [0.15, 0.2) is 0 Å². The van der Waals surface area contributed by atoms with Crippen molar-refractivity contribution in [3.63, 3.8) is 0 Å². The van der Waals surface area contributed by atoms with Crippen LogP contribution in [-0.2, 0) is 0 Å². The van der Waals surface area contributed by atoms with Gasteiger partial charge in [0.1, 0.15) is 0 Å². The molecule has 0 atom stereocenters. The van der Waals surface area contributed by atoms with Crippen molar-refractivity contribution in [1.29, 1.82) is 0 Å². The lowest BCUT2D eigenvalue weighted by atomic mass is 10.0. The van der Waals surface area contributed by atoms with E-state index in [-0.39, 0.29) is 35.9 Å². The van der Waals surface area contributed by atoms with E-state index in [2.05, 4.69) is 48.5 Å². The highest BCUT2D eigenvalue weighted by atomic mass is 32.1. The number of hydrogen-bond donors (Lipinski definition) is 0. The average Bonchev–Trinajstić information content (AvgIpc) is 3.41. The molecule has 1 nitrogen and oxygen atoms in total. The van der Waals surface area contributed by atoms with Gasteiger partial charge in [0.25, 0.3) is 0 Å². The molecule has 0 saturated heterocycles. The molecule has 0 aliphatic heterocycles. The summed E-state index contributed by atoms with van der Waals surface area (Å²) in [6.45, 7) is 0. The molecule has 5 aromatic carbocycles. The molecular formula is C28H17NS. The fourth-order valence-electron chi connectivity index (χ4n) is 4.57. The zero-order chi connectivity index (χ0) is 24.0. The first-order chi connectivity index (χ1) is 17.0. The highest BCUT2D eigenvalue weighted by Crippen LogP contribution is 2.41. The lowest BCUT2D eigenvalue weighted by molar-refractivity contribution is 1.18. The fraction of sp³-hybridized carbons (Fsp3) is 0. The number of para-hydroxylation sites is 2. The van der Waals surface area contributed by atoms with Crippen molar-refractivity contribution >= 4 is 64.1 Å². The van der Waals surface area contributed by atoms with E-state index in [0.717, 1.165) is 32.6 Å². The summed E-state index contributed by atoms with van der Waals surface area (Å²) in [5, 5.41) is 6.65. The Kier molecular flexibility index (Phi) is 2.41. The normalized spacial score (nSPS) is 14.3. The largest absolute Gasteiger partial charge is 0.309 e. The van der Waals surface area contributed by atoms with Crippen molar-refractivity contribution in [2.75, 3.05) is 0 Å². The topological polar surface area (TPSA) is 4.93 Å². The Bertz CT molecular complexity index is 1990. The summed E-state index contributed by atoms with van der Waals surface area (Å²) >= 11 is 1.78. The molecule has 0 bridgehead atoms. The van der Waals surface area contributed by atoms with Crippen LogP contribution in [0, 0.1) is 0 Å². The summed E-state index contributed by atoms with van der Waals surface area (Å²) in [7, 11) is 0. The molecule has 0 aliphatic carbocycles. The standard InChI is InChI=1S/C28H17NS/c1-2-8-19(9-3-1)29-25-12-6-4-10-20(25)24-17-23-18(16-26(24)29)14-15-22-21-11-5-7-13-27(21)30-28(22)23/h1-17H/i1D,2D,3D,8D,9D. The molecule has 0 amide bonds. The first-order valence-electron chi connectivity index (χ1n) is 12.3. The molecule has 0 radical (unpaired) electrons. The predicted octanol–water partition coefficient (Wildman–Crippen LogP) is 8.30. The third-order valence-corrected chi connectivity index (χ3v) is 7.08. The van der Waals surface area contributed by atoms with Crippen LogP contribution in [0.3, 0.4) is 0 Å². The lowest BCUT2D eigenvalue weighted by Crippen LogP contribution is -1.92. The lowest BCUT2D eigenvalue weighted by Gasteiger charge is -2.08. The summed E-state index contributed by atoms with van der Waals surface area (Å²) in [6, 6.07) is 23.3. The van der Waals surface area contributed by atoms with Gasteiger partial charge >= 0.3 is 0 Å². The SMILES string of the molecule is [2H]c1c([2H])c([2H])c(-n2c3ccccc3c3cc4c(ccc5c6ccccc6sc45)cc32)c([2H])c1[2H]. The van der Waals surface area contributed by atoms with E-state index in [4.69, 9.17) is 6.85 Å². The number of nitrogens with zero attached hydrogens (tertiary/aromatic N) is 1. The van der Waals surface area contributed by atoms with Crippen LogP contribution < -0.4 is 0 Å². The Morgan fingerprint density at radius 1 is 0.633 bits per heavy atom. The minimum Gasteiger partial charge on any atom is -0.309 e. The maximum Gasteiger partial charge on any atom is 0.0645 e. The molecule has 0 saturated carbocycles. The Labute approximate surface area is 184 Å². The van der Waals surface area contributed by atoms with Gasteiger partial charge in [-0.05, 0) is 41.7 Å². The van der Waals surface area contributed by atoms with Crippen LogP contribution in [0.5, 0.6) is 0 Å². The predicted molar refractivity (Wildman–Crippen MR) is 131 cm³/mol. The number of aromatic nitrogens is 1. The second kappa shape index (κ2) is 5.94. The van der Waals surface area contributed by atoms with Crippen molar-refractivity contribution in [1.82, 2.24) is 4.57 Å². The molecule has 0 aliphatic rings. The van der Waals surface area contributed by atoms with Gasteiger partial charge in [-0.3, -0.25) is 0 Å². The maximum absolute atomic E-state index is 8.60. The highest BCUT2D eigenvalue weighted by Gasteiger charge is 2.15. The molecule has 7 rings (SSSR count). The first kappa shape index (κ1) is 12.2. The maximum atomic E-state index is 8.60. The van der Waals surface area contributed by atoms with Crippen LogP contribution in [0.2, 0.25) is 0 Å². The number of hydrogen-bond acceptors (Lipinski definition) is 1. The molecule has 0 N–H and O–H groups in total. The van der Waals surface area contributed by atoms with Crippen molar-refractivity contribution in [3.05, 3.63) is 103 Å². The van der Waals surface area contributed by atoms with Crippen molar-refractivity contribution in [3.8, 4) is 5.69 Å². The third kappa shape index (κ3) is 2.11. The number of fused-ring (bicyclic) bond motifs is 8. The van der Waals surface area contributed by atoms with E-state index < -0.39 is 0 Å². The van der Waals surface area contributed by atoms with E-state index in [1.165, 1.54) is 20.2 Å². The molecule has 7 aromatic rings. The monoisotopic (exact) mass is 404 g/mol. The van der Waals surface area contributed by atoms with Crippen LogP contribution in [0.1, 0.15) is 6.85 Å². The quantitative estimate of drug-likeness (QED) is 0.259. The van der Waals surface area contributed by atoms with Crippen LogP contribution in [0.25, 0.3) is 58.4 Å².